The summed E-state index contributed by atoms with van der Waals surface area (Å²) in [6, 6.07) is 2.38. The normalized spacial score (nSPS) is 13.8. The smallest absolute Gasteiger partial charge is 0.311 e. The third-order valence-corrected chi connectivity index (χ3v) is 14.8. The highest BCUT2D eigenvalue weighted by atomic mass is 28.5. The van der Waals surface area contributed by atoms with Crippen molar-refractivity contribution in [3.63, 3.8) is 0 Å². The molecule has 0 aromatic heterocycles. The molecule has 0 heterocycles. The molecule has 3 nitrogen and oxygen atoms in total. The van der Waals surface area contributed by atoms with Crippen LogP contribution < -0.4 is 0 Å². The molecule has 0 aromatic carbocycles. The van der Waals surface area contributed by atoms with Gasteiger partial charge in [0, 0.05) is 13.2 Å². The molecule has 0 aliphatic heterocycles. The van der Waals surface area contributed by atoms with Gasteiger partial charge in [-0.25, -0.2) is 0 Å². The van der Waals surface area contributed by atoms with Crippen LogP contribution in [0.4, 0.5) is 0 Å². The SMILES string of the molecule is CCC[Si](C)(C)O[Si](C)(C)O[Si](C)(C)CCCOCC. The summed E-state index contributed by atoms with van der Waals surface area (Å²) in [6.07, 6.45) is 2.31. The van der Waals surface area contributed by atoms with E-state index >= 15 is 0 Å². The summed E-state index contributed by atoms with van der Waals surface area (Å²) >= 11 is 0. The van der Waals surface area contributed by atoms with Gasteiger partial charge in [-0.2, -0.15) is 0 Å². The Balaban J connectivity index is 4.34. The second kappa shape index (κ2) is 8.85. The zero-order valence-electron chi connectivity index (χ0n) is 15.0. The number of ether oxygens (including phenoxy) is 1. The summed E-state index contributed by atoms with van der Waals surface area (Å²) in [4.78, 5) is 0. The third-order valence-electron chi connectivity index (χ3n) is 3.17. The van der Waals surface area contributed by atoms with E-state index < -0.39 is 25.2 Å². The molecule has 0 bridgehead atoms. The van der Waals surface area contributed by atoms with Crippen LogP contribution in [0.5, 0.6) is 0 Å². The Kier molecular flexibility index (Phi) is 9.08. The first-order valence-corrected chi connectivity index (χ1v) is 17.1. The van der Waals surface area contributed by atoms with Crippen molar-refractivity contribution in [2.24, 2.45) is 0 Å². The molecular formula is C14H36O3Si3. The maximum absolute atomic E-state index is 6.52. The lowest BCUT2D eigenvalue weighted by Gasteiger charge is -2.38. The van der Waals surface area contributed by atoms with Crippen LogP contribution in [0.25, 0.3) is 0 Å². The maximum Gasteiger partial charge on any atom is 0.311 e. The first kappa shape index (κ1) is 20.5. The van der Waals surface area contributed by atoms with Gasteiger partial charge in [-0.05, 0) is 64.7 Å². The second-order valence-electron chi connectivity index (χ2n) is 7.17. The fourth-order valence-corrected chi connectivity index (χ4v) is 17.0. The van der Waals surface area contributed by atoms with Gasteiger partial charge in [-0.3, -0.25) is 0 Å². The second-order valence-corrected chi connectivity index (χ2v) is 19.6. The van der Waals surface area contributed by atoms with Gasteiger partial charge in [0.05, 0.1) is 0 Å². The Labute approximate surface area is 129 Å². The van der Waals surface area contributed by atoms with Gasteiger partial charge in [0.1, 0.15) is 0 Å². The molecule has 0 fully saturated rings. The molecule has 0 spiro atoms. The van der Waals surface area contributed by atoms with Crippen molar-refractivity contribution in [3.05, 3.63) is 0 Å². The summed E-state index contributed by atoms with van der Waals surface area (Å²) < 4.78 is 18.4. The molecular weight excluding hydrogens is 300 g/mol. The van der Waals surface area contributed by atoms with E-state index in [1.165, 1.54) is 12.5 Å². The molecule has 0 aliphatic rings. The van der Waals surface area contributed by atoms with Crippen molar-refractivity contribution < 1.29 is 13.0 Å². The van der Waals surface area contributed by atoms with Crippen molar-refractivity contribution in [2.45, 2.75) is 78.1 Å². The monoisotopic (exact) mass is 336 g/mol. The fraction of sp³-hybridized carbons (Fsp3) is 1.00. The van der Waals surface area contributed by atoms with Gasteiger partial charge in [-0.1, -0.05) is 13.3 Å². The van der Waals surface area contributed by atoms with Crippen molar-refractivity contribution >= 4 is 25.2 Å². The Bertz CT molecular complexity index is 268. The predicted octanol–water partition coefficient (Wildman–Crippen LogP) is 4.97. The highest BCUT2D eigenvalue weighted by Gasteiger charge is 2.38. The molecule has 0 radical (unpaired) electrons. The standard InChI is InChI=1S/C14H36O3Si3/c1-9-13-18(3,4)16-20(7,8)17-19(5,6)14-11-12-15-10-2/h9-14H2,1-8H3. The van der Waals surface area contributed by atoms with E-state index in [0.29, 0.717) is 0 Å². The Morgan fingerprint density at radius 1 is 0.750 bits per heavy atom. The molecule has 0 saturated heterocycles. The highest BCUT2D eigenvalue weighted by Crippen LogP contribution is 2.25. The van der Waals surface area contributed by atoms with Gasteiger partial charge in [0.2, 0.25) is 0 Å². The molecule has 0 saturated carbocycles. The molecule has 0 unspecified atom stereocenters. The zero-order valence-corrected chi connectivity index (χ0v) is 18.0. The van der Waals surface area contributed by atoms with Gasteiger partial charge < -0.3 is 13.0 Å². The van der Waals surface area contributed by atoms with E-state index in [4.69, 9.17) is 13.0 Å². The molecule has 122 valence electrons. The fourth-order valence-electron chi connectivity index (χ4n) is 2.80. The Morgan fingerprint density at radius 3 is 1.70 bits per heavy atom. The molecule has 0 rings (SSSR count). The van der Waals surface area contributed by atoms with Crippen LogP contribution >= 0.6 is 0 Å². The van der Waals surface area contributed by atoms with Crippen LogP contribution in [0, 0.1) is 0 Å². The van der Waals surface area contributed by atoms with Gasteiger partial charge in [0.15, 0.2) is 16.6 Å². The summed E-state index contributed by atoms with van der Waals surface area (Å²) in [5, 5.41) is 0. The van der Waals surface area contributed by atoms with Crippen LogP contribution in [-0.2, 0) is 13.0 Å². The minimum atomic E-state index is -2.00. The quantitative estimate of drug-likeness (QED) is 0.394. The van der Waals surface area contributed by atoms with E-state index in [1.807, 2.05) is 6.92 Å². The lowest BCUT2D eigenvalue weighted by molar-refractivity contribution is 0.147. The van der Waals surface area contributed by atoms with Crippen LogP contribution in [0.2, 0.25) is 51.4 Å². The lowest BCUT2D eigenvalue weighted by atomic mass is 10.5. The first-order chi connectivity index (χ1) is 9.04. The van der Waals surface area contributed by atoms with Crippen molar-refractivity contribution in [2.75, 3.05) is 13.2 Å². The van der Waals surface area contributed by atoms with E-state index in [2.05, 4.69) is 46.2 Å². The van der Waals surface area contributed by atoms with E-state index in [-0.39, 0.29) is 0 Å². The summed E-state index contributed by atoms with van der Waals surface area (Å²) in [5.74, 6) is 0. The van der Waals surface area contributed by atoms with Crippen LogP contribution in [0.1, 0.15) is 26.7 Å². The van der Waals surface area contributed by atoms with Gasteiger partial charge in [0.25, 0.3) is 0 Å². The minimum Gasteiger partial charge on any atom is -0.437 e. The number of hydrogen-bond donors (Lipinski definition) is 0. The summed E-state index contributed by atoms with van der Waals surface area (Å²) in [7, 11) is -5.18. The van der Waals surface area contributed by atoms with Crippen LogP contribution in [0.15, 0.2) is 0 Å². The number of rotatable bonds is 11. The van der Waals surface area contributed by atoms with E-state index in [0.717, 1.165) is 25.7 Å². The summed E-state index contributed by atoms with van der Waals surface area (Å²) in [6.45, 7) is 19.6. The largest absolute Gasteiger partial charge is 0.437 e. The number of hydrogen-bond acceptors (Lipinski definition) is 3. The molecule has 0 N–H and O–H groups in total. The van der Waals surface area contributed by atoms with Crippen LogP contribution in [-0.4, -0.2) is 38.4 Å². The maximum atomic E-state index is 6.52. The van der Waals surface area contributed by atoms with Crippen LogP contribution in [0.3, 0.4) is 0 Å². The first-order valence-electron chi connectivity index (χ1n) is 8.02. The Morgan fingerprint density at radius 2 is 1.25 bits per heavy atom. The topological polar surface area (TPSA) is 27.7 Å². The Hall–Kier alpha value is 0.531. The molecule has 0 amide bonds. The van der Waals surface area contributed by atoms with Crippen molar-refractivity contribution in [3.8, 4) is 0 Å². The van der Waals surface area contributed by atoms with Crippen molar-refractivity contribution in [1.29, 1.82) is 0 Å². The molecule has 0 atom stereocenters. The average molecular weight is 337 g/mol. The molecule has 0 aliphatic carbocycles. The predicted molar refractivity (Wildman–Crippen MR) is 95.6 cm³/mol. The van der Waals surface area contributed by atoms with E-state index in [9.17, 15) is 0 Å². The van der Waals surface area contributed by atoms with Crippen molar-refractivity contribution in [1.82, 2.24) is 0 Å². The molecule has 6 heteroatoms. The average Bonchev–Trinajstić information content (AvgIpc) is 2.20. The highest BCUT2D eigenvalue weighted by molar-refractivity contribution is 6.87. The van der Waals surface area contributed by atoms with Gasteiger partial charge >= 0.3 is 8.56 Å². The molecule has 0 aromatic rings. The lowest BCUT2D eigenvalue weighted by Crippen LogP contribution is -2.52. The zero-order chi connectivity index (χ0) is 15.9. The third kappa shape index (κ3) is 10.3. The summed E-state index contributed by atoms with van der Waals surface area (Å²) in [5.41, 5.74) is 0. The minimum absolute atomic E-state index is 0.809. The van der Waals surface area contributed by atoms with E-state index in [1.54, 1.807) is 0 Å². The molecule has 20 heavy (non-hydrogen) atoms. The van der Waals surface area contributed by atoms with Gasteiger partial charge in [-0.15, -0.1) is 0 Å².